The van der Waals surface area contributed by atoms with E-state index >= 15 is 0 Å². The molecule has 132 valence electrons. The molecule has 25 heavy (non-hydrogen) atoms. The maximum Gasteiger partial charge on any atom is 0.227 e. The van der Waals surface area contributed by atoms with Crippen molar-refractivity contribution in [3.8, 4) is 0 Å². The fourth-order valence-electron chi connectivity index (χ4n) is 3.85. The number of rotatable bonds is 3. The molecule has 5 heteroatoms. The Bertz CT molecular complexity index is 712. The third-order valence-electron chi connectivity index (χ3n) is 5.34. The zero-order chi connectivity index (χ0) is 17.2. The molecule has 2 atom stereocenters. The summed E-state index contributed by atoms with van der Waals surface area (Å²) in [7, 11) is 0. The average Bonchev–Trinajstić information content (AvgIpc) is 3.05. The van der Waals surface area contributed by atoms with Gasteiger partial charge >= 0.3 is 0 Å². The molecule has 1 aromatic carbocycles. The number of hydrogen-bond donors (Lipinski definition) is 0. The highest BCUT2D eigenvalue weighted by Crippen LogP contribution is 2.34. The van der Waals surface area contributed by atoms with E-state index in [1.165, 1.54) is 17.5 Å². The number of nitrogens with zero attached hydrogens (tertiary/aromatic N) is 4. The van der Waals surface area contributed by atoms with Crippen LogP contribution in [-0.2, 0) is 4.74 Å². The Morgan fingerprint density at radius 1 is 1.08 bits per heavy atom. The summed E-state index contributed by atoms with van der Waals surface area (Å²) in [6.07, 6.45) is 3.05. The van der Waals surface area contributed by atoms with Gasteiger partial charge in [0.2, 0.25) is 5.95 Å². The number of morpholine rings is 1. The fourth-order valence-corrected chi connectivity index (χ4v) is 3.85. The predicted octanol–water partition coefficient (Wildman–Crippen LogP) is 3.00. The van der Waals surface area contributed by atoms with Gasteiger partial charge in [-0.2, -0.15) is 4.98 Å². The van der Waals surface area contributed by atoms with E-state index in [-0.39, 0.29) is 0 Å². The molecule has 2 aliphatic heterocycles. The Balaban J connectivity index is 1.52. The zero-order valence-electron chi connectivity index (χ0n) is 15.1. The van der Waals surface area contributed by atoms with Gasteiger partial charge in [-0.3, -0.25) is 0 Å². The van der Waals surface area contributed by atoms with E-state index in [2.05, 4.69) is 52.9 Å². The van der Waals surface area contributed by atoms with E-state index in [9.17, 15) is 0 Å². The number of hydrogen-bond acceptors (Lipinski definition) is 5. The van der Waals surface area contributed by atoms with Crippen molar-refractivity contribution in [2.24, 2.45) is 0 Å². The molecule has 2 aromatic rings. The highest BCUT2D eigenvalue weighted by atomic mass is 16.5. The molecule has 0 radical (unpaired) electrons. The van der Waals surface area contributed by atoms with Crippen LogP contribution in [0.1, 0.15) is 30.4 Å². The average molecular weight is 338 g/mol. The molecule has 0 N–H and O–H groups in total. The van der Waals surface area contributed by atoms with E-state index in [0.717, 1.165) is 44.6 Å². The van der Waals surface area contributed by atoms with Crippen LogP contribution in [0.2, 0.25) is 0 Å². The van der Waals surface area contributed by atoms with E-state index in [0.29, 0.717) is 12.0 Å². The molecule has 3 heterocycles. The SMILES string of the molecule is Cc1ccc(C2CC(C)N(c3ccnc(N4CCOCC4)n3)C2)cc1. The van der Waals surface area contributed by atoms with Crippen LogP contribution in [0.3, 0.4) is 0 Å². The standard InChI is InChI=1S/C20H26N4O/c1-15-3-5-17(6-4-15)18-13-16(2)24(14-18)19-7-8-21-20(22-19)23-9-11-25-12-10-23/h3-8,16,18H,9-14H2,1-2H3. The summed E-state index contributed by atoms with van der Waals surface area (Å²) < 4.78 is 5.43. The summed E-state index contributed by atoms with van der Waals surface area (Å²) in [5.41, 5.74) is 2.75. The second kappa shape index (κ2) is 7.00. The Morgan fingerprint density at radius 3 is 2.60 bits per heavy atom. The maximum atomic E-state index is 5.43. The van der Waals surface area contributed by atoms with Crippen LogP contribution in [-0.4, -0.2) is 48.9 Å². The Morgan fingerprint density at radius 2 is 1.84 bits per heavy atom. The lowest BCUT2D eigenvalue weighted by molar-refractivity contribution is 0.122. The molecule has 2 aliphatic rings. The lowest BCUT2D eigenvalue weighted by Gasteiger charge is -2.28. The highest BCUT2D eigenvalue weighted by molar-refractivity contribution is 5.47. The van der Waals surface area contributed by atoms with Crippen molar-refractivity contribution >= 4 is 11.8 Å². The van der Waals surface area contributed by atoms with Gasteiger partial charge in [0.05, 0.1) is 13.2 Å². The second-order valence-corrected chi connectivity index (χ2v) is 7.16. The zero-order valence-corrected chi connectivity index (χ0v) is 15.1. The summed E-state index contributed by atoms with van der Waals surface area (Å²) in [4.78, 5) is 14.0. The summed E-state index contributed by atoms with van der Waals surface area (Å²) in [5.74, 6) is 2.43. The topological polar surface area (TPSA) is 41.5 Å². The quantitative estimate of drug-likeness (QED) is 0.860. The van der Waals surface area contributed by atoms with Gasteiger partial charge in [0.1, 0.15) is 5.82 Å². The van der Waals surface area contributed by atoms with E-state index in [4.69, 9.17) is 9.72 Å². The van der Waals surface area contributed by atoms with Crippen molar-refractivity contribution in [3.05, 3.63) is 47.7 Å². The van der Waals surface area contributed by atoms with Crippen molar-refractivity contribution < 1.29 is 4.74 Å². The molecule has 0 bridgehead atoms. The first-order valence-electron chi connectivity index (χ1n) is 9.19. The normalized spacial score (nSPS) is 23.9. The van der Waals surface area contributed by atoms with Gasteiger partial charge < -0.3 is 14.5 Å². The van der Waals surface area contributed by atoms with Gasteiger partial charge in [-0.05, 0) is 31.9 Å². The molecule has 2 saturated heterocycles. The highest BCUT2D eigenvalue weighted by Gasteiger charge is 2.31. The molecule has 0 aliphatic carbocycles. The molecule has 5 nitrogen and oxygen atoms in total. The van der Waals surface area contributed by atoms with Crippen LogP contribution in [0, 0.1) is 6.92 Å². The molecular weight excluding hydrogens is 312 g/mol. The molecule has 0 spiro atoms. The van der Waals surface area contributed by atoms with E-state index < -0.39 is 0 Å². The molecule has 4 rings (SSSR count). The molecule has 0 saturated carbocycles. The Kier molecular flexibility index (Phi) is 4.57. The largest absolute Gasteiger partial charge is 0.378 e. The monoisotopic (exact) mass is 338 g/mol. The summed E-state index contributed by atoms with van der Waals surface area (Å²) >= 11 is 0. The minimum atomic E-state index is 0.485. The molecule has 1 aromatic heterocycles. The predicted molar refractivity (Wildman–Crippen MR) is 100 cm³/mol. The second-order valence-electron chi connectivity index (χ2n) is 7.16. The van der Waals surface area contributed by atoms with Crippen molar-refractivity contribution in [2.75, 3.05) is 42.6 Å². The van der Waals surface area contributed by atoms with Crippen molar-refractivity contribution in [1.29, 1.82) is 0 Å². The third-order valence-corrected chi connectivity index (χ3v) is 5.34. The minimum absolute atomic E-state index is 0.485. The first kappa shape index (κ1) is 16.3. The smallest absolute Gasteiger partial charge is 0.227 e. The van der Waals surface area contributed by atoms with Crippen LogP contribution < -0.4 is 9.80 Å². The van der Waals surface area contributed by atoms with Crippen molar-refractivity contribution in [3.63, 3.8) is 0 Å². The van der Waals surface area contributed by atoms with Gasteiger partial charge in [-0.15, -0.1) is 0 Å². The van der Waals surface area contributed by atoms with Crippen LogP contribution in [0.5, 0.6) is 0 Å². The summed E-state index contributed by atoms with van der Waals surface area (Å²) in [6.45, 7) is 8.69. The lowest BCUT2D eigenvalue weighted by atomic mass is 9.96. The number of ether oxygens (including phenoxy) is 1. The van der Waals surface area contributed by atoms with Gasteiger partial charge in [0.15, 0.2) is 0 Å². The lowest BCUT2D eigenvalue weighted by Crippen LogP contribution is -2.37. The van der Waals surface area contributed by atoms with E-state index in [1.54, 1.807) is 0 Å². The molecule has 2 fully saturated rings. The van der Waals surface area contributed by atoms with Crippen LogP contribution in [0.15, 0.2) is 36.5 Å². The van der Waals surface area contributed by atoms with Crippen molar-refractivity contribution in [1.82, 2.24) is 9.97 Å². The van der Waals surface area contributed by atoms with E-state index in [1.807, 2.05) is 12.3 Å². The minimum Gasteiger partial charge on any atom is -0.378 e. The van der Waals surface area contributed by atoms with Crippen LogP contribution in [0.25, 0.3) is 0 Å². The number of aromatic nitrogens is 2. The molecule has 0 amide bonds. The summed E-state index contributed by atoms with van der Waals surface area (Å²) in [5, 5.41) is 0. The molecule has 2 unspecified atom stereocenters. The van der Waals surface area contributed by atoms with Gasteiger partial charge in [0.25, 0.3) is 0 Å². The van der Waals surface area contributed by atoms with Gasteiger partial charge in [0, 0.05) is 37.8 Å². The van der Waals surface area contributed by atoms with Gasteiger partial charge in [-0.1, -0.05) is 29.8 Å². The number of aryl methyl sites for hydroxylation is 1. The van der Waals surface area contributed by atoms with Crippen molar-refractivity contribution in [2.45, 2.75) is 32.2 Å². The number of benzene rings is 1. The summed E-state index contributed by atoms with van der Waals surface area (Å²) in [6, 6.07) is 11.5. The first-order valence-corrected chi connectivity index (χ1v) is 9.19. The first-order chi connectivity index (χ1) is 12.2. The van der Waals surface area contributed by atoms with Crippen LogP contribution >= 0.6 is 0 Å². The van der Waals surface area contributed by atoms with Crippen LogP contribution in [0.4, 0.5) is 11.8 Å². The van der Waals surface area contributed by atoms with Gasteiger partial charge in [-0.25, -0.2) is 4.98 Å². The maximum absolute atomic E-state index is 5.43. The Hall–Kier alpha value is -2.14. The Labute approximate surface area is 149 Å². The number of anilines is 2. The molecular formula is C20H26N4O. The fraction of sp³-hybridized carbons (Fsp3) is 0.500. The third kappa shape index (κ3) is 3.47.